The number of nitriles is 1. The zero-order valence-electron chi connectivity index (χ0n) is 18.5. The van der Waals surface area contributed by atoms with E-state index in [1.54, 1.807) is 48.5 Å². The monoisotopic (exact) mass is 470 g/mol. The quantitative estimate of drug-likeness (QED) is 0.168. The maximum absolute atomic E-state index is 10.8. The minimum absolute atomic E-state index is 0.0960. The summed E-state index contributed by atoms with van der Waals surface area (Å²) in [6.07, 6.45) is 0. The van der Waals surface area contributed by atoms with Crippen LogP contribution in [0.4, 0.5) is 11.4 Å². The number of hydrogen-bond donors (Lipinski definition) is 0. The molecule has 0 radical (unpaired) electrons. The summed E-state index contributed by atoms with van der Waals surface area (Å²) >= 11 is 0. The maximum atomic E-state index is 10.8. The van der Waals surface area contributed by atoms with Crippen LogP contribution in [0.25, 0.3) is 26.4 Å². The van der Waals surface area contributed by atoms with Gasteiger partial charge in [-0.05, 0) is 29.0 Å². The van der Waals surface area contributed by atoms with E-state index in [2.05, 4.69) is 9.58 Å². The summed E-state index contributed by atoms with van der Waals surface area (Å²) in [4.78, 5) is 33.4. The molecule has 174 valence electrons. The molecule has 0 bridgehead atoms. The van der Waals surface area contributed by atoms with Crippen molar-refractivity contribution in [2.45, 2.75) is 0 Å². The molecule has 0 aliphatic carbocycles. The summed E-state index contributed by atoms with van der Waals surface area (Å²) in [5.74, 6) is -0.477. The third-order valence-corrected chi connectivity index (χ3v) is 4.60. The van der Waals surface area contributed by atoms with Gasteiger partial charge in [0.25, 0.3) is 11.4 Å². The van der Waals surface area contributed by atoms with Crippen LogP contribution in [-0.2, 0) is 9.53 Å². The van der Waals surface area contributed by atoms with Crippen LogP contribution >= 0.6 is 0 Å². The molecule has 0 saturated heterocycles. The minimum atomic E-state index is -0.513. The molecule has 4 aromatic rings. The highest BCUT2D eigenvalue weighted by Crippen LogP contribution is 2.28. The number of carbonyl (C=O) groups excluding carboxylic acids is 1. The second kappa shape index (κ2) is 12.6. The number of rotatable bonds is 3. The molecule has 0 heterocycles. The molecule has 0 saturated carbocycles. The van der Waals surface area contributed by atoms with Crippen molar-refractivity contribution in [3.63, 3.8) is 0 Å². The first-order chi connectivity index (χ1) is 16.8. The van der Waals surface area contributed by atoms with Crippen LogP contribution in [0.3, 0.4) is 0 Å². The Morgan fingerprint density at radius 3 is 2.00 bits per heavy atom. The Hall–Kier alpha value is -5.35. The average Bonchev–Trinajstić information content (AvgIpc) is 2.88. The molecule has 0 atom stereocenters. The smallest absolute Gasteiger partial charge is 0.386 e. The fraction of sp³-hybridized carbons (Fsp3) is 0.0800. The summed E-state index contributed by atoms with van der Waals surface area (Å²) in [6.45, 7) is 5.99. The van der Waals surface area contributed by atoms with E-state index in [0.717, 1.165) is 10.8 Å². The number of methoxy groups -OCH3 is 1. The predicted molar refractivity (Wildman–Crippen MR) is 129 cm³/mol. The highest BCUT2D eigenvalue weighted by atomic mass is 16.6. The number of benzene rings is 4. The Bertz CT molecular complexity index is 1470. The van der Waals surface area contributed by atoms with Crippen LogP contribution in [0.2, 0.25) is 0 Å². The van der Waals surface area contributed by atoms with E-state index in [-0.39, 0.29) is 28.4 Å². The van der Waals surface area contributed by atoms with Crippen LogP contribution in [0, 0.1) is 38.1 Å². The molecule has 0 aromatic heterocycles. The van der Waals surface area contributed by atoms with E-state index in [0.29, 0.717) is 10.8 Å². The fourth-order valence-electron chi connectivity index (χ4n) is 3.04. The van der Waals surface area contributed by atoms with Crippen molar-refractivity contribution < 1.29 is 19.4 Å². The highest BCUT2D eigenvalue weighted by Gasteiger charge is 2.17. The Morgan fingerprint density at radius 1 is 0.914 bits per heavy atom. The first-order valence-corrected chi connectivity index (χ1v) is 9.92. The van der Waals surface area contributed by atoms with Gasteiger partial charge in [0.1, 0.15) is 11.6 Å². The van der Waals surface area contributed by atoms with Gasteiger partial charge in [-0.3, -0.25) is 20.2 Å². The van der Waals surface area contributed by atoms with Crippen molar-refractivity contribution in [1.29, 1.82) is 5.26 Å². The summed E-state index contributed by atoms with van der Waals surface area (Å²) in [5.41, 5.74) is 0.146. The minimum Gasteiger partial charge on any atom is -0.464 e. The third-order valence-electron chi connectivity index (χ3n) is 4.60. The molecule has 0 N–H and O–H groups in total. The van der Waals surface area contributed by atoms with Gasteiger partial charge >= 0.3 is 12.5 Å². The van der Waals surface area contributed by atoms with Crippen molar-refractivity contribution in [2.24, 2.45) is 0 Å². The molecular weight excluding hydrogens is 452 g/mol. The summed E-state index contributed by atoms with van der Waals surface area (Å²) in [5, 5.41) is 33.1. The molecule has 0 aliphatic rings. The molecule has 0 aliphatic heterocycles. The molecule has 0 unspecified atom stereocenters. The van der Waals surface area contributed by atoms with Crippen LogP contribution in [0.15, 0.2) is 78.9 Å². The number of non-ortho nitro benzene ring substituents is 1. The van der Waals surface area contributed by atoms with Gasteiger partial charge in [0.05, 0.1) is 27.7 Å². The lowest BCUT2D eigenvalue weighted by Gasteiger charge is -2.00. The zero-order valence-corrected chi connectivity index (χ0v) is 18.5. The van der Waals surface area contributed by atoms with Crippen LogP contribution in [0.1, 0.15) is 5.56 Å². The van der Waals surface area contributed by atoms with Crippen molar-refractivity contribution >= 4 is 38.9 Å². The van der Waals surface area contributed by atoms with E-state index < -0.39 is 10.9 Å². The van der Waals surface area contributed by atoms with Gasteiger partial charge < -0.3 is 9.58 Å². The second-order valence-corrected chi connectivity index (χ2v) is 6.70. The van der Waals surface area contributed by atoms with Crippen LogP contribution < -0.4 is 0 Å². The molecule has 0 spiro atoms. The Morgan fingerprint density at radius 2 is 1.49 bits per heavy atom. The number of carbonyl (C=O) groups is 1. The van der Waals surface area contributed by atoms with Crippen molar-refractivity contribution in [1.82, 2.24) is 0 Å². The SMILES string of the molecule is N#Cc1ccc2ccccc2c1[N+](=O)[O-].O=[N+]([O-])c1cccc2ccccc12.[C-]#[N+]CC(=O)OC. The third kappa shape index (κ3) is 6.81. The van der Waals surface area contributed by atoms with Gasteiger partial charge in [-0.25, -0.2) is 11.4 Å². The number of nitro groups is 2. The lowest BCUT2D eigenvalue weighted by atomic mass is 10.1. The fourth-order valence-corrected chi connectivity index (χ4v) is 3.04. The number of hydrogen-bond acceptors (Lipinski definition) is 7. The normalized spacial score (nSPS) is 9.34. The Kier molecular flexibility index (Phi) is 9.35. The molecule has 0 fully saturated rings. The Balaban J connectivity index is 0.000000198. The van der Waals surface area contributed by atoms with E-state index in [9.17, 15) is 25.0 Å². The molecule has 0 amide bonds. The summed E-state index contributed by atoms with van der Waals surface area (Å²) in [6, 6.07) is 24.3. The molecule has 4 aromatic carbocycles. The number of ether oxygens (including phenoxy) is 1. The number of nitrogens with zero attached hydrogens (tertiary/aromatic N) is 4. The number of fused-ring (bicyclic) bond motifs is 2. The topological polar surface area (TPSA) is 141 Å². The summed E-state index contributed by atoms with van der Waals surface area (Å²) in [7, 11) is 1.26. The molecule has 35 heavy (non-hydrogen) atoms. The van der Waals surface area contributed by atoms with Gasteiger partial charge in [0, 0.05) is 6.07 Å². The van der Waals surface area contributed by atoms with E-state index >= 15 is 0 Å². The molecular formula is C25H18N4O6. The van der Waals surface area contributed by atoms with Crippen molar-refractivity contribution in [3.8, 4) is 6.07 Å². The van der Waals surface area contributed by atoms with Crippen molar-refractivity contribution in [2.75, 3.05) is 13.7 Å². The molecule has 10 heteroatoms. The average molecular weight is 470 g/mol. The van der Waals surface area contributed by atoms with Gasteiger partial charge in [0.2, 0.25) is 0 Å². The van der Waals surface area contributed by atoms with Crippen LogP contribution in [0.5, 0.6) is 0 Å². The highest BCUT2D eigenvalue weighted by molar-refractivity contribution is 5.93. The first kappa shape index (κ1) is 25.9. The van der Waals surface area contributed by atoms with E-state index in [1.807, 2.05) is 24.3 Å². The van der Waals surface area contributed by atoms with Gasteiger partial charge in [-0.1, -0.05) is 54.6 Å². The molecule has 10 nitrogen and oxygen atoms in total. The maximum Gasteiger partial charge on any atom is 0.386 e. The van der Waals surface area contributed by atoms with E-state index in [4.69, 9.17) is 11.8 Å². The van der Waals surface area contributed by atoms with Crippen LogP contribution in [-0.4, -0.2) is 29.5 Å². The largest absolute Gasteiger partial charge is 0.464 e. The predicted octanol–water partition coefficient (Wildman–Crippen LogP) is 5.45. The second-order valence-electron chi connectivity index (χ2n) is 6.70. The Labute approximate surface area is 199 Å². The standard InChI is InChI=1S/C11H6N2O2.C10H7NO2.C4H5NO2/c12-7-9-6-5-8-3-1-2-4-10(8)11(9)13(14)15;12-11(13)10-7-3-5-8-4-1-2-6-9(8)10;1-5-3-4(6)7-2/h1-6H;1-7H;3H2,2H3. The number of nitro benzene ring substituents is 2. The summed E-state index contributed by atoms with van der Waals surface area (Å²) < 4.78 is 4.14. The van der Waals surface area contributed by atoms with Gasteiger partial charge in [-0.15, -0.1) is 0 Å². The lowest BCUT2D eigenvalue weighted by Crippen LogP contribution is -2.01. The zero-order chi connectivity index (χ0) is 25.8. The van der Waals surface area contributed by atoms with Gasteiger partial charge in [-0.2, -0.15) is 5.26 Å². The number of esters is 1. The first-order valence-electron chi connectivity index (χ1n) is 9.92. The van der Waals surface area contributed by atoms with Crippen molar-refractivity contribution in [3.05, 3.63) is 116 Å². The van der Waals surface area contributed by atoms with E-state index in [1.165, 1.54) is 19.2 Å². The molecule has 4 rings (SSSR count). The lowest BCUT2D eigenvalue weighted by molar-refractivity contribution is -0.383. The van der Waals surface area contributed by atoms with Gasteiger partial charge in [0.15, 0.2) is 0 Å².